The van der Waals surface area contributed by atoms with Gasteiger partial charge in [-0.3, -0.25) is 4.98 Å². The highest BCUT2D eigenvalue weighted by Gasteiger charge is 2.17. The Balaban J connectivity index is 1.34. The van der Waals surface area contributed by atoms with Crippen LogP contribution in [0.1, 0.15) is 5.56 Å². The summed E-state index contributed by atoms with van der Waals surface area (Å²) in [4.78, 5) is 6.46. The molecule has 2 heterocycles. The number of nitrogens with zero attached hydrogens (tertiary/aromatic N) is 2. The van der Waals surface area contributed by atoms with Crippen LogP contribution in [0.25, 0.3) is 11.1 Å². The van der Waals surface area contributed by atoms with E-state index in [-0.39, 0.29) is 0 Å². The zero-order chi connectivity index (χ0) is 16.2. The lowest BCUT2D eigenvalue weighted by molar-refractivity contribution is 0.324. The van der Waals surface area contributed by atoms with E-state index in [9.17, 15) is 0 Å². The smallest absolute Gasteiger partial charge is 0.119 e. The molecule has 0 saturated carbocycles. The van der Waals surface area contributed by atoms with Crippen molar-refractivity contribution in [2.75, 3.05) is 24.6 Å². The second-order valence-corrected chi connectivity index (χ2v) is 5.97. The lowest BCUT2D eigenvalue weighted by Gasteiger charge is -2.19. The Morgan fingerprint density at radius 1 is 0.875 bits per heavy atom. The molecule has 0 saturated heterocycles. The Morgan fingerprint density at radius 2 is 1.62 bits per heavy atom. The van der Waals surface area contributed by atoms with Gasteiger partial charge < -0.3 is 9.64 Å². The SMILES string of the molecule is c1ccc2c(c1)CCN2CCOc1ccc(-c2ccncc2)cc1. The van der Waals surface area contributed by atoms with Crippen molar-refractivity contribution in [1.82, 2.24) is 4.98 Å². The second kappa shape index (κ2) is 6.75. The van der Waals surface area contributed by atoms with Crippen molar-refractivity contribution >= 4 is 5.69 Å². The predicted octanol–water partition coefficient (Wildman–Crippen LogP) is 4.19. The minimum Gasteiger partial charge on any atom is -0.492 e. The van der Waals surface area contributed by atoms with Crippen molar-refractivity contribution in [3.05, 3.63) is 78.6 Å². The molecule has 0 aliphatic carbocycles. The highest BCUT2D eigenvalue weighted by atomic mass is 16.5. The van der Waals surface area contributed by atoms with Crippen LogP contribution in [-0.4, -0.2) is 24.7 Å². The van der Waals surface area contributed by atoms with Gasteiger partial charge in [-0.15, -0.1) is 0 Å². The second-order valence-electron chi connectivity index (χ2n) is 5.97. The number of fused-ring (bicyclic) bond motifs is 1. The number of para-hydroxylation sites is 1. The number of ether oxygens (including phenoxy) is 1. The summed E-state index contributed by atoms with van der Waals surface area (Å²) in [5.41, 5.74) is 5.15. The van der Waals surface area contributed by atoms with Gasteiger partial charge in [0.15, 0.2) is 0 Å². The van der Waals surface area contributed by atoms with Gasteiger partial charge in [-0.25, -0.2) is 0 Å². The van der Waals surface area contributed by atoms with E-state index in [1.165, 1.54) is 22.4 Å². The van der Waals surface area contributed by atoms with Gasteiger partial charge in [0.05, 0.1) is 6.54 Å². The molecule has 0 unspecified atom stereocenters. The first-order chi connectivity index (χ1) is 11.9. The third-order valence-corrected chi connectivity index (χ3v) is 4.48. The molecule has 0 N–H and O–H groups in total. The van der Waals surface area contributed by atoms with E-state index < -0.39 is 0 Å². The van der Waals surface area contributed by atoms with Crippen LogP contribution in [0, 0.1) is 0 Å². The molecule has 1 aliphatic rings. The fraction of sp³-hybridized carbons (Fsp3) is 0.190. The van der Waals surface area contributed by atoms with Gasteiger partial charge in [-0.1, -0.05) is 30.3 Å². The predicted molar refractivity (Wildman–Crippen MR) is 97.5 cm³/mol. The number of benzene rings is 2. The molecule has 3 heteroatoms. The standard InChI is InChI=1S/C21H20N2O/c1-2-4-21-19(3-1)11-14-23(21)15-16-24-20-7-5-17(6-8-20)18-9-12-22-13-10-18/h1-10,12-13H,11,14-16H2. The minimum atomic E-state index is 0.697. The maximum atomic E-state index is 5.92. The van der Waals surface area contributed by atoms with Crippen molar-refractivity contribution in [2.45, 2.75) is 6.42 Å². The highest BCUT2D eigenvalue weighted by Crippen LogP contribution is 2.27. The lowest BCUT2D eigenvalue weighted by Crippen LogP contribution is -2.26. The molecule has 4 rings (SSSR count). The number of hydrogen-bond acceptors (Lipinski definition) is 3. The first kappa shape index (κ1) is 14.8. The van der Waals surface area contributed by atoms with Crippen molar-refractivity contribution in [3.63, 3.8) is 0 Å². The number of hydrogen-bond donors (Lipinski definition) is 0. The van der Waals surface area contributed by atoms with Crippen molar-refractivity contribution in [3.8, 4) is 16.9 Å². The number of aromatic nitrogens is 1. The molecule has 1 aromatic heterocycles. The van der Waals surface area contributed by atoms with Crippen molar-refractivity contribution in [2.24, 2.45) is 0 Å². The molecule has 0 fully saturated rings. The van der Waals surface area contributed by atoms with Crippen molar-refractivity contribution < 1.29 is 4.74 Å². The van der Waals surface area contributed by atoms with Gasteiger partial charge in [-0.05, 0) is 53.4 Å². The number of anilines is 1. The Labute approximate surface area is 142 Å². The third kappa shape index (κ3) is 3.11. The van der Waals surface area contributed by atoms with Gasteiger partial charge in [-0.2, -0.15) is 0 Å². The molecule has 0 spiro atoms. The molecule has 0 radical (unpaired) electrons. The largest absolute Gasteiger partial charge is 0.492 e. The summed E-state index contributed by atoms with van der Waals surface area (Å²) >= 11 is 0. The van der Waals surface area contributed by atoms with Gasteiger partial charge in [0.25, 0.3) is 0 Å². The molecule has 0 atom stereocenters. The maximum absolute atomic E-state index is 5.92. The first-order valence-electron chi connectivity index (χ1n) is 8.36. The summed E-state index contributed by atoms with van der Waals surface area (Å²) in [6.07, 6.45) is 4.76. The Kier molecular flexibility index (Phi) is 4.15. The summed E-state index contributed by atoms with van der Waals surface area (Å²) in [7, 11) is 0. The summed E-state index contributed by atoms with van der Waals surface area (Å²) in [5.74, 6) is 0.917. The van der Waals surface area contributed by atoms with Crippen LogP contribution in [0.2, 0.25) is 0 Å². The molecular weight excluding hydrogens is 296 g/mol. The van der Waals surface area contributed by atoms with E-state index in [1.54, 1.807) is 0 Å². The normalized spacial score (nSPS) is 12.9. The van der Waals surface area contributed by atoms with Gasteiger partial charge in [0.1, 0.15) is 12.4 Å². The molecule has 3 aromatic rings. The van der Waals surface area contributed by atoms with Crippen LogP contribution >= 0.6 is 0 Å². The van der Waals surface area contributed by atoms with Gasteiger partial charge in [0, 0.05) is 24.6 Å². The number of pyridine rings is 1. The zero-order valence-corrected chi connectivity index (χ0v) is 13.6. The lowest BCUT2D eigenvalue weighted by atomic mass is 10.1. The van der Waals surface area contributed by atoms with E-state index in [4.69, 9.17) is 4.74 Å². The molecule has 2 aromatic carbocycles. The molecule has 3 nitrogen and oxygen atoms in total. The summed E-state index contributed by atoms with van der Waals surface area (Å²) in [6, 6.07) is 20.9. The van der Waals surface area contributed by atoms with Gasteiger partial charge in [0.2, 0.25) is 0 Å². The highest BCUT2D eigenvalue weighted by molar-refractivity contribution is 5.63. The monoisotopic (exact) mass is 316 g/mol. The average Bonchev–Trinajstić information content (AvgIpc) is 3.06. The zero-order valence-electron chi connectivity index (χ0n) is 13.6. The molecule has 0 bridgehead atoms. The van der Waals surface area contributed by atoms with Gasteiger partial charge >= 0.3 is 0 Å². The Morgan fingerprint density at radius 3 is 2.46 bits per heavy atom. The van der Waals surface area contributed by atoms with Crippen molar-refractivity contribution in [1.29, 1.82) is 0 Å². The molecule has 1 aliphatic heterocycles. The molecule has 0 amide bonds. The summed E-state index contributed by atoms with van der Waals surface area (Å²) < 4.78 is 5.92. The van der Waals surface area contributed by atoms with Crippen LogP contribution in [0.15, 0.2) is 73.1 Å². The molecular formula is C21H20N2O. The maximum Gasteiger partial charge on any atom is 0.119 e. The Bertz CT molecular complexity index is 800. The fourth-order valence-corrected chi connectivity index (χ4v) is 3.20. The fourth-order valence-electron chi connectivity index (χ4n) is 3.20. The summed E-state index contributed by atoms with van der Waals surface area (Å²) in [5, 5.41) is 0. The topological polar surface area (TPSA) is 25.4 Å². The van der Waals surface area contributed by atoms with E-state index in [2.05, 4.69) is 46.3 Å². The quantitative estimate of drug-likeness (QED) is 0.706. The van der Waals surface area contributed by atoms with Crippen LogP contribution in [0.4, 0.5) is 5.69 Å². The summed E-state index contributed by atoms with van der Waals surface area (Å²) in [6.45, 7) is 2.70. The average molecular weight is 316 g/mol. The van der Waals surface area contributed by atoms with E-state index in [1.807, 2.05) is 36.7 Å². The van der Waals surface area contributed by atoms with Crippen LogP contribution in [-0.2, 0) is 6.42 Å². The first-order valence-corrected chi connectivity index (χ1v) is 8.36. The van der Waals surface area contributed by atoms with Crippen LogP contribution in [0.3, 0.4) is 0 Å². The van der Waals surface area contributed by atoms with Crippen LogP contribution < -0.4 is 9.64 Å². The van der Waals surface area contributed by atoms with E-state index in [0.29, 0.717) is 6.61 Å². The van der Waals surface area contributed by atoms with E-state index in [0.717, 1.165) is 25.3 Å². The Hall–Kier alpha value is -2.81. The minimum absolute atomic E-state index is 0.697. The molecule has 24 heavy (non-hydrogen) atoms. The third-order valence-electron chi connectivity index (χ3n) is 4.48. The van der Waals surface area contributed by atoms with Crippen LogP contribution in [0.5, 0.6) is 5.75 Å². The number of rotatable bonds is 5. The molecule has 120 valence electrons. The van der Waals surface area contributed by atoms with E-state index >= 15 is 0 Å².